The summed E-state index contributed by atoms with van der Waals surface area (Å²) in [5.74, 6) is 0.105. The van der Waals surface area contributed by atoms with E-state index in [4.69, 9.17) is 5.41 Å². The number of aromatic nitrogens is 1. The Labute approximate surface area is 160 Å². The van der Waals surface area contributed by atoms with Gasteiger partial charge in [0.15, 0.2) is 0 Å². The molecule has 4 N–H and O–H groups in total. The van der Waals surface area contributed by atoms with Crippen molar-refractivity contribution in [2.75, 3.05) is 19.6 Å². The van der Waals surface area contributed by atoms with Crippen LogP contribution in [-0.2, 0) is 11.3 Å². The number of piperazine rings is 1. The first-order valence-corrected chi connectivity index (χ1v) is 9.58. The molecule has 6 nitrogen and oxygen atoms in total. The van der Waals surface area contributed by atoms with E-state index in [0.29, 0.717) is 6.54 Å². The zero-order valence-electron chi connectivity index (χ0n) is 16.1. The molecular formula is C21H29N5O. The number of allylic oxidation sites excluding steroid dienone is 1. The number of hydrogen-bond acceptors (Lipinski definition) is 4. The van der Waals surface area contributed by atoms with Crippen LogP contribution in [0.4, 0.5) is 0 Å². The largest absolute Gasteiger partial charge is 0.383 e. The van der Waals surface area contributed by atoms with Crippen molar-refractivity contribution < 1.29 is 4.79 Å². The zero-order chi connectivity index (χ0) is 19.2. The van der Waals surface area contributed by atoms with Crippen molar-refractivity contribution in [1.82, 2.24) is 20.5 Å². The van der Waals surface area contributed by atoms with Crippen LogP contribution in [0.1, 0.15) is 25.8 Å². The van der Waals surface area contributed by atoms with E-state index in [-0.39, 0.29) is 17.9 Å². The number of nitrogens with zero attached hydrogens (tertiary/aromatic N) is 1. The third kappa shape index (κ3) is 4.98. The van der Waals surface area contributed by atoms with Crippen LogP contribution >= 0.6 is 0 Å². The van der Waals surface area contributed by atoms with Gasteiger partial charge in [-0.05, 0) is 30.2 Å². The summed E-state index contributed by atoms with van der Waals surface area (Å²) < 4.78 is 0. The zero-order valence-corrected chi connectivity index (χ0v) is 16.1. The second kappa shape index (κ2) is 8.86. The van der Waals surface area contributed by atoms with Crippen molar-refractivity contribution in [1.29, 1.82) is 5.41 Å². The van der Waals surface area contributed by atoms with E-state index in [2.05, 4.69) is 44.8 Å². The molecule has 6 heteroatoms. The first-order valence-electron chi connectivity index (χ1n) is 9.58. The van der Waals surface area contributed by atoms with Gasteiger partial charge in [-0.2, -0.15) is 0 Å². The highest BCUT2D eigenvalue weighted by Crippen LogP contribution is 2.21. The third-order valence-electron chi connectivity index (χ3n) is 4.94. The van der Waals surface area contributed by atoms with Crippen LogP contribution in [0, 0.1) is 11.3 Å². The summed E-state index contributed by atoms with van der Waals surface area (Å²) >= 11 is 0. The lowest BCUT2D eigenvalue weighted by molar-refractivity contribution is -0.124. The first kappa shape index (κ1) is 19.2. The molecule has 144 valence electrons. The number of fused-ring (bicyclic) bond motifs is 1. The normalized spacial score (nSPS) is 19.4. The molecule has 1 fully saturated rings. The Balaban J connectivity index is 1.65. The molecule has 0 spiro atoms. The van der Waals surface area contributed by atoms with Crippen LogP contribution in [0.2, 0.25) is 0 Å². The molecule has 3 rings (SSSR count). The third-order valence-corrected chi connectivity index (χ3v) is 4.94. The number of H-pyrrole nitrogens is 1. The van der Waals surface area contributed by atoms with Gasteiger partial charge >= 0.3 is 0 Å². The van der Waals surface area contributed by atoms with Gasteiger partial charge in [0.1, 0.15) is 0 Å². The van der Waals surface area contributed by atoms with Gasteiger partial charge in [0.05, 0.1) is 0 Å². The molecule has 1 unspecified atom stereocenters. The van der Waals surface area contributed by atoms with E-state index < -0.39 is 0 Å². The van der Waals surface area contributed by atoms with Gasteiger partial charge in [-0.25, -0.2) is 0 Å². The molecule has 1 atom stereocenters. The van der Waals surface area contributed by atoms with Crippen LogP contribution < -0.4 is 10.6 Å². The topological polar surface area (TPSA) is 84.0 Å². The minimum absolute atomic E-state index is 0.0102. The molecule has 0 aliphatic carbocycles. The van der Waals surface area contributed by atoms with E-state index in [1.165, 1.54) is 17.2 Å². The Hall–Kier alpha value is -2.60. The van der Waals surface area contributed by atoms with E-state index in [1.807, 2.05) is 26.1 Å². The van der Waals surface area contributed by atoms with Crippen molar-refractivity contribution in [2.45, 2.75) is 32.9 Å². The maximum atomic E-state index is 11.8. The number of carbonyl (C=O) groups excluding carboxylic acids is 1. The van der Waals surface area contributed by atoms with Crippen molar-refractivity contribution in [3.8, 4) is 0 Å². The fraction of sp³-hybridized carbons (Fsp3) is 0.429. The molecule has 1 aromatic carbocycles. The highest BCUT2D eigenvalue weighted by atomic mass is 16.1. The summed E-state index contributed by atoms with van der Waals surface area (Å²) in [4.78, 5) is 17.4. The van der Waals surface area contributed by atoms with E-state index >= 15 is 0 Å². The number of carbonyl (C=O) groups is 1. The standard InChI is InChI=1S/C21H29N5O/c1-15(2)21(27)24-10-7-18-14-26(13-17(25-18)6-9-22)12-16-4-3-5-20-19(16)8-11-23-20/h3-6,8-9,11,15,18,22-23,25H,7,10,12-14H2,1-2H3,(H,24,27)/b17-6-,22-9?. The van der Waals surface area contributed by atoms with E-state index in [0.717, 1.165) is 37.3 Å². The number of benzene rings is 1. The van der Waals surface area contributed by atoms with Crippen LogP contribution in [0.25, 0.3) is 10.9 Å². The SMILES string of the molecule is CC(C)C(=O)NCCC1CN(Cc2cccc3[nH]ccc23)C/C(=C/C=N)N1. The van der Waals surface area contributed by atoms with Gasteiger partial charge in [-0.15, -0.1) is 0 Å². The molecule has 1 amide bonds. The summed E-state index contributed by atoms with van der Waals surface area (Å²) in [5, 5.41) is 15.2. The second-order valence-electron chi connectivity index (χ2n) is 7.46. The fourth-order valence-electron chi connectivity index (χ4n) is 3.56. The minimum atomic E-state index is 0.0102. The molecule has 2 aromatic rings. The lowest BCUT2D eigenvalue weighted by Crippen LogP contribution is -2.50. The average molecular weight is 367 g/mol. The predicted octanol–water partition coefficient (Wildman–Crippen LogP) is 2.64. The Morgan fingerprint density at radius 1 is 1.41 bits per heavy atom. The number of hydrogen-bond donors (Lipinski definition) is 4. The predicted molar refractivity (Wildman–Crippen MR) is 110 cm³/mol. The van der Waals surface area contributed by atoms with E-state index in [9.17, 15) is 4.79 Å². The van der Waals surface area contributed by atoms with Gasteiger partial charge in [0.25, 0.3) is 0 Å². The molecule has 27 heavy (non-hydrogen) atoms. The quantitative estimate of drug-likeness (QED) is 0.568. The van der Waals surface area contributed by atoms with Crippen molar-refractivity contribution >= 4 is 23.0 Å². The Morgan fingerprint density at radius 3 is 3.04 bits per heavy atom. The summed E-state index contributed by atoms with van der Waals surface area (Å²) in [6.45, 7) is 7.04. The average Bonchev–Trinajstić information content (AvgIpc) is 3.11. The molecule has 1 aromatic heterocycles. The lowest BCUT2D eigenvalue weighted by Gasteiger charge is -2.36. The second-order valence-corrected chi connectivity index (χ2v) is 7.46. The molecule has 1 saturated heterocycles. The molecule has 0 radical (unpaired) electrons. The van der Waals surface area contributed by atoms with Crippen LogP contribution in [-0.4, -0.2) is 47.7 Å². The number of rotatable bonds is 7. The van der Waals surface area contributed by atoms with Gasteiger partial charge < -0.3 is 21.0 Å². The number of nitrogens with one attached hydrogen (secondary N) is 4. The Bertz CT molecular complexity index is 823. The summed E-state index contributed by atoms with van der Waals surface area (Å²) in [7, 11) is 0. The number of amides is 1. The van der Waals surface area contributed by atoms with Crippen molar-refractivity contribution in [3.63, 3.8) is 0 Å². The number of aromatic amines is 1. The summed E-state index contributed by atoms with van der Waals surface area (Å²) in [5.41, 5.74) is 3.51. The molecular weight excluding hydrogens is 338 g/mol. The van der Waals surface area contributed by atoms with Crippen LogP contribution in [0.3, 0.4) is 0 Å². The van der Waals surface area contributed by atoms with Gasteiger partial charge in [0.2, 0.25) is 5.91 Å². The van der Waals surface area contributed by atoms with Crippen molar-refractivity contribution in [3.05, 3.63) is 47.8 Å². The Morgan fingerprint density at radius 2 is 2.26 bits per heavy atom. The fourth-order valence-corrected chi connectivity index (χ4v) is 3.56. The molecule has 1 aliphatic heterocycles. The molecule has 0 saturated carbocycles. The summed E-state index contributed by atoms with van der Waals surface area (Å²) in [6.07, 6.45) is 5.99. The van der Waals surface area contributed by atoms with Crippen LogP contribution in [0.15, 0.2) is 42.2 Å². The summed E-state index contributed by atoms with van der Waals surface area (Å²) in [6, 6.07) is 8.74. The highest BCUT2D eigenvalue weighted by molar-refractivity contribution is 5.82. The molecule has 1 aliphatic rings. The molecule has 0 bridgehead atoms. The van der Waals surface area contributed by atoms with E-state index in [1.54, 1.807) is 0 Å². The Kier molecular flexibility index (Phi) is 6.29. The maximum absolute atomic E-state index is 11.8. The monoisotopic (exact) mass is 367 g/mol. The highest BCUT2D eigenvalue weighted by Gasteiger charge is 2.23. The van der Waals surface area contributed by atoms with Gasteiger partial charge in [-0.1, -0.05) is 26.0 Å². The first-order chi connectivity index (χ1) is 13.1. The van der Waals surface area contributed by atoms with Crippen molar-refractivity contribution in [2.24, 2.45) is 5.92 Å². The smallest absolute Gasteiger partial charge is 0.222 e. The van der Waals surface area contributed by atoms with Crippen LogP contribution in [0.5, 0.6) is 0 Å². The molecule has 2 heterocycles. The van der Waals surface area contributed by atoms with Gasteiger partial charge in [0, 0.05) is 67.2 Å². The van der Waals surface area contributed by atoms with Gasteiger partial charge in [-0.3, -0.25) is 9.69 Å². The maximum Gasteiger partial charge on any atom is 0.222 e. The minimum Gasteiger partial charge on any atom is -0.383 e. The lowest BCUT2D eigenvalue weighted by atomic mass is 10.1.